The number of carbonyl (C=O) groups excluding carboxylic acids is 1. The van der Waals surface area contributed by atoms with Gasteiger partial charge >= 0.3 is 6.03 Å². The van der Waals surface area contributed by atoms with E-state index >= 15 is 4.39 Å². The van der Waals surface area contributed by atoms with Gasteiger partial charge in [-0.25, -0.2) is 14.2 Å². The van der Waals surface area contributed by atoms with Gasteiger partial charge in [-0.15, -0.1) is 0 Å². The summed E-state index contributed by atoms with van der Waals surface area (Å²) in [4.78, 5) is 28.8. The molecule has 0 spiro atoms. The molecule has 2 saturated carbocycles. The Labute approximate surface area is 223 Å². The lowest BCUT2D eigenvalue weighted by atomic mass is 9.91. The second kappa shape index (κ2) is 11.0. The molecule has 0 bridgehead atoms. The Morgan fingerprint density at radius 1 is 1.16 bits per heavy atom. The average Bonchev–Trinajstić information content (AvgIpc) is 3.41. The van der Waals surface area contributed by atoms with Crippen molar-refractivity contribution in [1.29, 1.82) is 0 Å². The third kappa shape index (κ3) is 5.21. The molecule has 200 valence electrons. The molecule has 1 aromatic heterocycles. The van der Waals surface area contributed by atoms with Crippen molar-refractivity contribution in [1.82, 2.24) is 14.9 Å². The van der Waals surface area contributed by atoms with Crippen LogP contribution in [0.2, 0.25) is 5.02 Å². The highest BCUT2D eigenvalue weighted by Gasteiger charge is 2.40. The summed E-state index contributed by atoms with van der Waals surface area (Å²) in [5.74, 6) is 0.599. The van der Waals surface area contributed by atoms with Gasteiger partial charge in [0, 0.05) is 29.9 Å². The number of carbonyl (C=O) groups is 1. The minimum absolute atomic E-state index is 0.00393. The van der Waals surface area contributed by atoms with Crippen molar-refractivity contribution >= 4 is 35.1 Å². The van der Waals surface area contributed by atoms with Crippen LogP contribution in [0.5, 0.6) is 5.75 Å². The van der Waals surface area contributed by atoms with Crippen molar-refractivity contribution in [3.05, 3.63) is 34.7 Å². The Morgan fingerprint density at radius 2 is 1.89 bits per heavy atom. The Bertz CT molecular complexity index is 1130. The van der Waals surface area contributed by atoms with Gasteiger partial charge in [-0.3, -0.25) is 9.80 Å². The molecule has 1 aliphatic heterocycles. The molecule has 2 aliphatic carbocycles. The zero-order chi connectivity index (χ0) is 26.1. The number of hydrogen-bond donors (Lipinski definition) is 1. The number of nitrogens with zero attached hydrogens (tertiary/aromatic N) is 5. The number of aromatic nitrogens is 2. The van der Waals surface area contributed by atoms with Gasteiger partial charge in [0.15, 0.2) is 11.6 Å². The average molecular weight is 531 g/mol. The summed E-state index contributed by atoms with van der Waals surface area (Å²) in [6.07, 6.45) is 9.98. The fourth-order valence-corrected chi connectivity index (χ4v) is 6.12. The number of halogens is 2. The number of nitrogens with one attached hydrogen (secondary N) is 1. The smallest absolute Gasteiger partial charge is 0.330 e. The standard InChI is InChI=1S/C27H36ClFN6O2/c1-4-37-22-14-13-21(28)24(23(22)29)34-16-17-15-30-26(31-18-9-11-19(12-10-18)33(2)3)32-25(17)35(27(34)36)20-7-5-6-8-20/h13-15,18-20H,4-12,16H2,1-3H3,(H,30,31,32). The lowest BCUT2D eigenvalue weighted by Gasteiger charge is -2.39. The van der Waals surface area contributed by atoms with Crippen molar-refractivity contribution in [3.8, 4) is 5.75 Å². The van der Waals surface area contributed by atoms with E-state index in [9.17, 15) is 4.79 Å². The highest BCUT2D eigenvalue weighted by Crippen LogP contribution is 2.41. The zero-order valence-corrected chi connectivity index (χ0v) is 22.6. The second-order valence-corrected chi connectivity index (χ2v) is 10.9. The molecular formula is C27H36ClFN6O2. The first-order valence-electron chi connectivity index (χ1n) is 13.4. The monoisotopic (exact) mass is 530 g/mol. The van der Waals surface area contributed by atoms with Gasteiger partial charge in [0.1, 0.15) is 11.5 Å². The molecule has 37 heavy (non-hydrogen) atoms. The van der Waals surface area contributed by atoms with Crippen LogP contribution in [0.3, 0.4) is 0 Å². The van der Waals surface area contributed by atoms with Crippen molar-refractivity contribution in [2.75, 3.05) is 35.8 Å². The van der Waals surface area contributed by atoms with E-state index in [2.05, 4.69) is 29.3 Å². The van der Waals surface area contributed by atoms with Crippen LogP contribution >= 0.6 is 11.6 Å². The van der Waals surface area contributed by atoms with Gasteiger partial charge in [0.25, 0.3) is 0 Å². The molecule has 0 atom stereocenters. The summed E-state index contributed by atoms with van der Waals surface area (Å²) in [5, 5.41) is 3.67. The Balaban J connectivity index is 1.45. The molecule has 1 aromatic carbocycles. The van der Waals surface area contributed by atoms with Crippen molar-refractivity contribution < 1.29 is 13.9 Å². The van der Waals surface area contributed by atoms with Crippen LogP contribution in [-0.4, -0.2) is 59.7 Å². The SMILES string of the molecule is CCOc1ccc(Cl)c(N2Cc3cnc(NC4CCC(N(C)C)CC4)nc3N(C3CCCC3)C2=O)c1F. The summed E-state index contributed by atoms with van der Waals surface area (Å²) in [7, 11) is 4.27. The Morgan fingerprint density at radius 3 is 2.57 bits per heavy atom. The molecule has 5 rings (SSSR count). The van der Waals surface area contributed by atoms with Gasteiger partial charge in [0.05, 0.1) is 18.2 Å². The molecule has 0 saturated heterocycles. The van der Waals surface area contributed by atoms with Crippen LogP contribution in [0.15, 0.2) is 18.3 Å². The number of ether oxygens (including phenoxy) is 1. The fourth-order valence-electron chi connectivity index (χ4n) is 5.87. The number of amides is 2. The Hall–Kier alpha value is -2.65. The van der Waals surface area contributed by atoms with Gasteiger partial charge in [-0.2, -0.15) is 4.98 Å². The number of rotatable bonds is 7. The van der Waals surface area contributed by atoms with E-state index in [0.717, 1.165) is 56.9 Å². The molecule has 2 fully saturated rings. The third-order valence-corrected chi connectivity index (χ3v) is 8.19. The van der Waals surface area contributed by atoms with Gasteiger partial charge in [-0.1, -0.05) is 24.4 Å². The molecule has 2 heterocycles. The summed E-state index contributed by atoms with van der Waals surface area (Å²) < 4.78 is 20.9. The molecule has 1 N–H and O–H groups in total. The molecule has 0 radical (unpaired) electrons. The maximum Gasteiger partial charge on any atom is 0.330 e. The fraction of sp³-hybridized carbons (Fsp3) is 0.593. The quantitative estimate of drug-likeness (QED) is 0.484. The highest BCUT2D eigenvalue weighted by molar-refractivity contribution is 6.34. The lowest BCUT2D eigenvalue weighted by molar-refractivity contribution is 0.221. The van der Waals surface area contributed by atoms with Crippen LogP contribution in [0.25, 0.3) is 0 Å². The molecule has 10 heteroatoms. The number of fused-ring (bicyclic) bond motifs is 1. The molecule has 8 nitrogen and oxygen atoms in total. The van der Waals surface area contributed by atoms with Crippen LogP contribution < -0.4 is 19.9 Å². The minimum atomic E-state index is -0.634. The summed E-state index contributed by atoms with van der Waals surface area (Å²) >= 11 is 6.45. The van der Waals surface area contributed by atoms with E-state index in [-0.39, 0.29) is 35.1 Å². The summed E-state index contributed by atoms with van der Waals surface area (Å²) in [5.41, 5.74) is 0.803. The van der Waals surface area contributed by atoms with Gasteiger partial charge in [0.2, 0.25) is 5.95 Å². The van der Waals surface area contributed by atoms with E-state index in [1.165, 1.54) is 11.0 Å². The highest BCUT2D eigenvalue weighted by atomic mass is 35.5. The number of urea groups is 1. The second-order valence-electron chi connectivity index (χ2n) is 10.5. The van der Waals surface area contributed by atoms with E-state index in [4.69, 9.17) is 21.3 Å². The van der Waals surface area contributed by atoms with E-state index in [0.29, 0.717) is 30.5 Å². The van der Waals surface area contributed by atoms with E-state index in [1.807, 2.05) is 0 Å². The maximum atomic E-state index is 15.5. The molecule has 2 amide bonds. The number of hydrogen-bond acceptors (Lipinski definition) is 6. The van der Waals surface area contributed by atoms with E-state index < -0.39 is 5.82 Å². The minimum Gasteiger partial charge on any atom is -0.491 e. The van der Waals surface area contributed by atoms with Crippen molar-refractivity contribution in [2.24, 2.45) is 0 Å². The Kier molecular flexibility index (Phi) is 7.72. The zero-order valence-electron chi connectivity index (χ0n) is 21.8. The largest absolute Gasteiger partial charge is 0.491 e. The summed E-state index contributed by atoms with van der Waals surface area (Å²) in [6.45, 7) is 2.23. The number of benzene rings is 1. The predicted molar refractivity (Wildman–Crippen MR) is 144 cm³/mol. The van der Waals surface area contributed by atoms with E-state index in [1.54, 1.807) is 24.1 Å². The lowest BCUT2D eigenvalue weighted by Crippen LogP contribution is -2.52. The first kappa shape index (κ1) is 26.0. The van der Waals surface area contributed by atoms with Gasteiger partial charge in [-0.05, 0) is 71.7 Å². The van der Waals surface area contributed by atoms with Crippen molar-refractivity contribution in [3.63, 3.8) is 0 Å². The van der Waals surface area contributed by atoms with Crippen LogP contribution in [0.4, 0.5) is 26.6 Å². The third-order valence-electron chi connectivity index (χ3n) is 7.89. The van der Waals surface area contributed by atoms with Crippen molar-refractivity contribution in [2.45, 2.75) is 83.0 Å². The molecule has 2 aromatic rings. The topological polar surface area (TPSA) is 73.8 Å². The summed E-state index contributed by atoms with van der Waals surface area (Å²) in [6, 6.07) is 3.67. The first-order chi connectivity index (χ1) is 17.9. The van der Waals surface area contributed by atoms with Gasteiger partial charge < -0.3 is 15.0 Å². The van der Waals surface area contributed by atoms with Crippen LogP contribution in [0.1, 0.15) is 63.9 Å². The molecular weight excluding hydrogens is 495 g/mol. The molecule has 0 unspecified atom stereocenters. The first-order valence-corrected chi connectivity index (χ1v) is 13.8. The maximum absolute atomic E-state index is 15.5. The van der Waals surface area contributed by atoms with Crippen LogP contribution in [-0.2, 0) is 6.54 Å². The normalized spacial score (nSPS) is 22.5. The number of anilines is 3. The molecule has 3 aliphatic rings. The predicted octanol–water partition coefficient (Wildman–Crippen LogP) is 5.84. The van der Waals surface area contributed by atoms with Crippen LogP contribution in [0, 0.1) is 5.82 Å².